The number of hydrogen-bond donors (Lipinski definition) is 3. The van der Waals surface area contributed by atoms with Crippen LogP contribution in [0, 0.1) is 6.92 Å². The minimum atomic E-state index is -3.76. The Morgan fingerprint density at radius 2 is 1.90 bits per heavy atom. The van der Waals surface area contributed by atoms with E-state index in [0.29, 0.717) is 6.54 Å². The van der Waals surface area contributed by atoms with Crippen LogP contribution in [0.3, 0.4) is 0 Å². The van der Waals surface area contributed by atoms with Crippen molar-refractivity contribution in [2.24, 2.45) is 0 Å². The maximum atomic E-state index is 12.6. The Morgan fingerprint density at radius 1 is 1.21 bits per heavy atom. The number of aryl methyl sites for hydroxylation is 1. The summed E-state index contributed by atoms with van der Waals surface area (Å²) in [5, 5.41) is 12.5. The topological polar surface area (TPSA) is 108 Å². The Balaban J connectivity index is 1.92. The van der Waals surface area contributed by atoms with Gasteiger partial charge in [-0.2, -0.15) is 0 Å². The van der Waals surface area contributed by atoms with Gasteiger partial charge in [0.25, 0.3) is 0 Å². The fraction of sp³-hybridized carbons (Fsp3) is 0.550. The molecule has 0 aliphatic carbocycles. The number of sulfonamides is 1. The first-order valence-corrected chi connectivity index (χ1v) is 11.1. The third-order valence-electron chi connectivity index (χ3n) is 4.58. The number of aliphatic hydroxyl groups excluding tert-OH is 1. The fourth-order valence-corrected chi connectivity index (χ4v) is 4.17. The minimum Gasteiger partial charge on any atom is -0.394 e. The summed E-state index contributed by atoms with van der Waals surface area (Å²) >= 11 is 0. The smallest absolute Gasteiger partial charge is 0.241 e. The molecule has 29 heavy (non-hydrogen) atoms. The van der Waals surface area contributed by atoms with Crippen LogP contribution in [0.1, 0.15) is 18.4 Å². The number of ether oxygens (including phenoxy) is 1. The lowest BCUT2D eigenvalue weighted by Crippen LogP contribution is -2.49. The molecule has 1 aromatic carbocycles. The average Bonchev–Trinajstić information content (AvgIpc) is 2.66. The first-order valence-electron chi connectivity index (χ1n) is 9.66. The maximum absolute atomic E-state index is 12.6. The molecule has 1 amide bonds. The van der Waals surface area contributed by atoms with Gasteiger partial charge in [0.2, 0.25) is 15.9 Å². The molecule has 162 valence electrons. The molecule has 3 N–H and O–H groups in total. The van der Waals surface area contributed by atoms with Crippen LogP contribution in [0.2, 0.25) is 0 Å². The van der Waals surface area contributed by atoms with Crippen molar-refractivity contribution in [2.75, 3.05) is 33.8 Å². The molecule has 3 atom stereocenters. The number of benzene rings is 1. The normalized spacial score (nSPS) is 22.0. The summed E-state index contributed by atoms with van der Waals surface area (Å²) < 4.78 is 33.4. The van der Waals surface area contributed by atoms with Crippen molar-refractivity contribution in [3.8, 4) is 0 Å². The third-order valence-corrected chi connectivity index (χ3v) is 6.05. The van der Waals surface area contributed by atoms with E-state index < -0.39 is 28.3 Å². The maximum Gasteiger partial charge on any atom is 0.241 e. The lowest BCUT2D eigenvalue weighted by Gasteiger charge is -2.31. The van der Waals surface area contributed by atoms with Gasteiger partial charge in [-0.3, -0.25) is 4.79 Å². The number of hydrogen-bond acceptors (Lipinski definition) is 6. The fourth-order valence-electron chi connectivity index (χ4n) is 2.95. The molecule has 0 bridgehead atoms. The Bertz CT molecular complexity index is 793. The highest BCUT2D eigenvalue weighted by atomic mass is 32.2. The van der Waals surface area contributed by atoms with E-state index in [0.717, 1.165) is 18.5 Å². The molecule has 9 heteroatoms. The van der Waals surface area contributed by atoms with Crippen LogP contribution in [0.4, 0.5) is 0 Å². The molecule has 0 saturated carbocycles. The molecule has 1 aliphatic rings. The van der Waals surface area contributed by atoms with E-state index in [1.807, 2.05) is 25.9 Å². The highest BCUT2D eigenvalue weighted by molar-refractivity contribution is 7.89. The van der Waals surface area contributed by atoms with Gasteiger partial charge in [0, 0.05) is 6.54 Å². The highest BCUT2D eigenvalue weighted by Gasteiger charge is 2.31. The van der Waals surface area contributed by atoms with Crippen molar-refractivity contribution >= 4 is 15.9 Å². The predicted molar refractivity (Wildman–Crippen MR) is 111 cm³/mol. The van der Waals surface area contributed by atoms with Crippen molar-refractivity contribution in [2.45, 2.75) is 42.9 Å². The van der Waals surface area contributed by atoms with E-state index in [1.54, 1.807) is 24.3 Å². The Labute approximate surface area is 173 Å². The van der Waals surface area contributed by atoms with Gasteiger partial charge in [-0.15, -0.1) is 0 Å². The van der Waals surface area contributed by atoms with E-state index in [2.05, 4.69) is 10.0 Å². The van der Waals surface area contributed by atoms with E-state index in [1.165, 1.54) is 12.1 Å². The van der Waals surface area contributed by atoms with Gasteiger partial charge in [-0.25, -0.2) is 13.1 Å². The summed E-state index contributed by atoms with van der Waals surface area (Å²) in [6, 6.07) is 5.78. The number of aliphatic hydroxyl groups is 1. The number of carbonyl (C=O) groups is 1. The minimum absolute atomic E-state index is 0.117. The SMILES string of the molecule is Cc1ccc(S(=O)(=O)N[C@H]2C=C[C@H](CC(=O)NCCCN(C)C)O[C@H]2CO)cc1. The van der Waals surface area contributed by atoms with Crippen LogP contribution in [-0.4, -0.2) is 76.4 Å². The highest BCUT2D eigenvalue weighted by Crippen LogP contribution is 2.18. The molecular formula is C20H31N3O5S. The standard InChI is InChI=1S/C20H31N3O5S/c1-15-5-8-17(9-6-15)29(26,27)22-18-10-7-16(28-19(18)14-24)13-20(25)21-11-4-12-23(2)3/h5-10,16,18-19,22,24H,4,11-14H2,1-3H3,(H,21,25)/t16-,18+,19+/m1/s1. The van der Waals surface area contributed by atoms with E-state index >= 15 is 0 Å². The van der Waals surface area contributed by atoms with Gasteiger partial charge in [-0.05, 0) is 46.1 Å². The van der Waals surface area contributed by atoms with Crippen LogP contribution in [0.5, 0.6) is 0 Å². The lowest BCUT2D eigenvalue weighted by molar-refractivity contribution is -0.125. The quantitative estimate of drug-likeness (QED) is 0.370. The second kappa shape index (κ2) is 10.8. The number of nitrogens with zero attached hydrogens (tertiary/aromatic N) is 1. The third kappa shape index (κ3) is 7.52. The second-order valence-electron chi connectivity index (χ2n) is 7.45. The van der Waals surface area contributed by atoms with Crippen LogP contribution in [0.15, 0.2) is 41.3 Å². The van der Waals surface area contributed by atoms with Crippen LogP contribution < -0.4 is 10.0 Å². The van der Waals surface area contributed by atoms with Crippen molar-refractivity contribution < 1.29 is 23.1 Å². The monoisotopic (exact) mass is 425 g/mol. The molecular weight excluding hydrogens is 394 g/mol. The summed E-state index contributed by atoms with van der Waals surface area (Å²) in [5.74, 6) is -0.145. The number of carbonyl (C=O) groups excluding carboxylic acids is 1. The summed E-state index contributed by atoms with van der Waals surface area (Å²) in [6.07, 6.45) is 2.98. The van der Waals surface area contributed by atoms with Crippen LogP contribution in [-0.2, 0) is 19.6 Å². The summed E-state index contributed by atoms with van der Waals surface area (Å²) in [5.41, 5.74) is 0.959. The molecule has 1 heterocycles. The van der Waals surface area contributed by atoms with Gasteiger partial charge in [-0.1, -0.05) is 29.8 Å². The van der Waals surface area contributed by atoms with Gasteiger partial charge in [0.15, 0.2) is 0 Å². The van der Waals surface area contributed by atoms with E-state index in [-0.39, 0.29) is 23.8 Å². The van der Waals surface area contributed by atoms with Gasteiger partial charge < -0.3 is 20.1 Å². The van der Waals surface area contributed by atoms with Crippen molar-refractivity contribution in [1.29, 1.82) is 0 Å². The molecule has 1 aromatic rings. The molecule has 0 unspecified atom stereocenters. The van der Waals surface area contributed by atoms with E-state index in [9.17, 15) is 18.3 Å². The first kappa shape index (κ1) is 23.5. The van der Waals surface area contributed by atoms with Gasteiger partial charge in [0.05, 0.1) is 30.1 Å². The number of amides is 1. The number of rotatable bonds is 10. The molecule has 0 radical (unpaired) electrons. The van der Waals surface area contributed by atoms with Gasteiger partial charge in [0.1, 0.15) is 6.10 Å². The molecule has 1 aliphatic heterocycles. The first-order chi connectivity index (χ1) is 13.7. The van der Waals surface area contributed by atoms with Crippen LogP contribution >= 0.6 is 0 Å². The Kier molecular flexibility index (Phi) is 8.79. The van der Waals surface area contributed by atoms with Crippen molar-refractivity contribution in [3.63, 3.8) is 0 Å². The molecule has 0 spiro atoms. The number of nitrogens with one attached hydrogen (secondary N) is 2. The van der Waals surface area contributed by atoms with Gasteiger partial charge >= 0.3 is 0 Å². The molecule has 0 fully saturated rings. The van der Waals surface area contributed by atoms with Crippen molar-refractivity contribution in [3.05, 3.63) is 42.0 Å². The predicted octanol–water partition coefficient (Wildman–Crippen LogP) is 0.416. The second-order valence-corrected chi connectivity index (χ2v) is 9.17. The summed E-state index contributed by atoms with van der Waals surface area (Å²) in [7, 11) is 0.189. The summed E-state index contributed by atoms with van der Waals surface area (Å²) in [4.78, 5) is 14.3. The molecule has 0 aromatic heterocycles. The zero-order valence-corrected chi connectivity index (χ0v) is 18.0. The zero-order chi connectivity index (χ0) is 21.4. The summed E-state index contributed by atoms with van der Waals surface area (Å²) in [6.45, 7) is 2.97. The average molecular weight is 426 g/mol. The van der Waals surface area contributed by atoms with Crippen molar-refractivity contribution in [1.82, 2.24) is 14.9 Å². The molecule has 2 rings (SSSR count). The zero-order valence-electron chi connectivity index (χ0n) is 17.2. The lowest BCUT2D eigenvalue weighted by atomic mass is 10.1. The Hall–Kier alpha value is -1.78. The van der Waals surface area contributed by atoms with E-state index in [4.69, 9.17) is 4.74 Å². The van der Waals surface area contributed by atoms with Crippen LogP contribution in [0.25, 0.3) is 0 Å². The molecule has 8 nitrogen and oxygen atoms in total. The molecule has 0 saturated heterocycles. The largest absolute Gasteiger partial charge is 0.394 e. The Morgan fingerprint density at radius 3 is 2.52 bits per heavy atom.